The fourth-order valence-corrected chi connectivity index (χ4v) is 2.27. The van der Waals surface area contributed by atoms with Crippen LogP contribution in [0, 0.1) is 25.5 Å². The van der Waals surface area contributed by atoms with Gasteiger partial charge in [0.15, 0.2) is 0 Å². The molecule has 132 valence electrons. The van der Waals surface area contributed by atoms with Gasteiger partial charge in [-0.05, 0) is 43.2 Å². The molecular weight excluding hydrogens is 330 g/mol. The number of carbonyl (C=O) groups excluding carboxylic acids is 2. The van der Waals surface area contributed by atoms with Gasteiger partial charge in [-0.1, -0.05) is 18.2 Å². The van der Waals surface area contributed by atoms with E-state index < -0.39 is 41.7 Å². The molecule has 0 spiro atoms. The number of amides is 2. The number of hydrogen-bond acceptors (Lipinski definition) is 3. The quantitative estimate of drug-likeness (QED) is 0.743. The summed E-state index contributed by atoms with van der Waals surface area (Å²) in [5.41, 5.74) is 1.69. The highest BCUT2D eigenvalue weighted by atomic mass is 19.1. The molecular formula is C18H18F2N2O3. The lowest BCUT2D eigenvalue weighted by molar-refractivity contribution is -0.136. The molecule has 7 heteroatoms. The minimum atomic E-state index is -1.61. The van der Waals surface area contributed by atoms with Crippen LogP contribution in [0.3, 0.4) is 0 Å². The number of hydrogen-bond donors (Lipinski definition) is 3. The average molecular weight is 348 g/mol. The zero-order chi connectivity index (χ0) is 18.6. The molecule has 5 nitrogen and oxygen atoms in total. The maximum absolute atomic E-state index is 13.6. The van der Waals surface area contributed by atoms with E-state index in [0.717, 1.165) is 29.3 Å². The molecule has 2 aromatic rings. The lowest BCUT2D eigenvalue weighted by atomic mass is 10.1. The zero-order valence-corrected chi connectivity index (χ0v) is 13.8. The number of aryl methyl sites for hydroxylation is 1. The van der Waals surface area contributed by atoms with Gasteiger partial charge in [-0.15, -0.1) is 0 Å². The van der Waals surface area contributed by atoms with Crippen molar-refractivity contribution in [1.82, 2.24) is 5.32 Å². The van der Waals surface area contributed by atoms with Gasteiger partial charge in [0.25, 0.3) is 0 Å². The molecule has 0 saturated carbocycles. The highest BCUT2D eigenvalue weighted by Gasteiger charge is 2.21. The third-order valence-electron chi connectivity index (χ3n) is 3.85. The topological polar surface area (TPSA) is 78.4 Å². The van der Waals surface area contributed by atoms with Crippen molar-refractivity contribution >= 4 is 17.5 Å². The molecule has 0 bridgehead atoms. The first-order valence-corrected chi connectivity index (χ1v) is 7.58. The summed E-state index contributed by atoms with van der Waals surface area (Å²) in [6.45, 7) is 3.16. The number of benzene rings is 2. The van der Waals surface area contributed by atoms with Gasteiger partial charge >= 0.3 is 11.8 Å². The zero-order valence-electron chi connectivity index (χ0n) is 13.8. The number of halogens is 2. The molecule has 3 N–H and O–H groups in total. The molecule has 0 aliphatic heterocycles. The van der Waals surface area contributed by atoms with Crippen LogP contribution in [0.4, 0.5) is 14.5 Å². The van der Waals surface area contributed by atoms with Crippen molar-refractivity contribution < 1.29 is 23.5 Å². The second-order valence-electron chi connectivity index (χ2n) is 5.56. The monoisotopic (exact) mass is 348 g/mol. The van der Waals surface area contributed by atoms with Crippen LogP contribution in [0.15, 0.2) is 36.4 Å². The Morgan fingerprint density at radius 1 is 1.04 bits per heavy atom. The summed E-state index contributed by atoms with van der Waals surface area (Å²) in [6.07, 6.45) is -1.61. The first kappa shape index (κ1) is 18.5. The van der Waals surface area contributed by atoms with Crippen molar-refractivity contribution in [2.45, 2.75) is 20.0 Å². The number of carbonyl (C=O) groups is 2. The smallest absolute Gasteiger partial charge is 0.313 e. The van der Waals surface area contributed by atoms with E-state index in [1.807, 2.05) is 13.0 Å². The van der Waals surface area contributed by atoms with Crippen LogP contribution >= 0.6 is 0 Å². The summed E-state index contributed by atoms with van der Waals surface area (Å²) in [5.74, 6) is -3.81. The van der Waals surface area contributed by atoms with Crippen LogP contribution in [0.5, 0.6) is 0 Å². The Morgan fingerprint density at radius 3 is 2.28 bits per heavy atom. The third-order valence-corrected chi connectivity index (χ3v) is 3.85. The van der Waals surface area contributed by atoms with Gasteiger partial charge in [-0.2, -0.15) is 0 Å². The second-order valence-corrected chi connectivity index (χ2v) is 5.56. The second kappa shape index (κ2) is 7.85. The van der Waals surface area contributed by atoms with Gasteiger partial charge in [0.1, 0.15) is 17.7 Å². The van der Waals surface area contributed by atoms with Crippen LogP contribution in [0.25, 0.3) is 0 Å². The van der Waals surface area contributed by atoms with E-state index >= 15 is 0 Å². The number of aliphatic hydroxyl groups is 1. The molecule has 2 amide bonds. The molecule has 0 radical (unpaired) electrons. The SMILES string of the molecule is Cc1cccc(NC(=O)C(=O)NCC(O)c2c(F)cccc2F)c1C. The Kier molecular flexibility index (Phi) is 5.82. The van der Waals surface area contributed by atoms with E-state index in [2.05, 4.69) is 10.6 Å². The third kappa shape index (κ3) is 4.39. The normalized spacial score (nSPS) is 11.7. The minimum Gasteiger partial charge on any atom is -0.386 e. The van der Waals surface area contributed by atoms with Crippen molar-refractivity contribution in [3.05, 3.63) is 64.7 Å². The maximum Gasteiger partial charge on any atom is 0.313 e. The van der Waals surface area contributed by atoms with Crippen molar-refractivity contribution in [1.29, 1.82) is 0 Å². The fourth-order valence-electron chi connectivity index (χ4n) is 2.27. The molecule has 2 aromatic carbocycles. The van der Waals surface area contributed by atoms with Gasteiger partial charge in [-0.25, -0.2) is 8.78 Å². The molecule has 1 unspecified atom stereocenters. The summed E-state index contributed by atoms with van der Waals surface area (Å²) >= 11 is 0. The highest BCUT2D eigenvalue weighted by Crippen LogP contribution is 2.20. The van der Waals surface area contributed by atoms with Gasteiger partial charge in [0, 0.05) is 12.2 Å². The van der Waals surface area contributed by atoms with Crippen LogP contribution in [-0.2, 0) is 9.59 Å². The number of aliphatic hydroxyl groups excluding tert-OH is 1. The average Bonchev–Trinajstić information content (AvgIpc) is 2.56. The first-order valence-electron chi connectivity index (χ1n) is 7.58. The molecule has 1 atom stereocenters. The largest absolute Gasteiger partial charge is 0.386 e. The Hall–Kier alpha value is -2.80. The summed E-state index contributed by atoms with van der Waals surface area (Å²) < 4.78 is 27.1. The summed E-state index contributed by atoms with van der Waals surface area (Å²) in [7, 11) is 0. The van der Waals surface area contributed by atoms with Crippen molar-refractivity contribution in [2.75, 3.05) is 11.9 Å². The maximum atomic E-state index is 13.6. The Labute approximate surface area is 143 Å². The van der Waals surface area contributed by atoms with Crippen molar-refractivity contribution in [3.63, 3.8) is 0 Å². The summed E-state index contributed by atoms with van der Waals surface area (Å²) in [4.78, 5) is 23.7. The van der Waals surface area contributed by atoms with Gasteiger partial charge in [0.2, 0.25) is 0 Å². The number of anilines is 1. The Bertz CT molecular complexity index is 789. The Balaban J connectivity index is 1.98. The van der Waals surface area contributed by atoms with Gasteiger partial charge in [0.05, 0.1) is 5.56 Å². The van der Waals surface area contributed by atoms with E-state index in [-0.39, 0.29) is 0 Å². The molecule has 0 aliphatic carbocycles. The van der Waals surface area contributed by atoms with Crippen LogP contribution in [0.2, 0.25) is 0 Å². The van der Waals surface area contributed by atoms with Crippen molar-refractivity contribution in [3.8, 4) is 0 Å². The van der Waals surface area contributed by atoms with Crippen LogP contribution < -0.4 is 10.6 Å². The molecule has 0 saturated heterocycles. The van der Waals surface area contributed by atoms with Crippen molar-refractivity contribution in [2.24, 2.45) is 0 Å². The summed E-state index contributed by atoms with van der Waals surface area (Å²) in [5, 5.41) is 14.5. The predicted molar refractivity (Wildman–Crippen MR) is 88.9 cm³/mol. The minimum absolute atomic E-state index is 0.487. The summed E-state index contributed by atoms with van der Waals surface area (Å²) in [6, 6.07) is 8.41. The van der Waals surface area contributed by atoms with E-state index in [9.17, 15) is 23.5 Å². The van der Waals surface area contributed by atoms with E-state index in [0.29, 0.717) is 5.69 Å². The Morgan fingerprint density at radius 2 is 1.64 bits per heavy atom. The van der Waals surface area contributed by atoms with E-state index in [1.54, 1.807) is 19.1 Å². The molecule has 25 heavy (non-hydrogen) atoms. The lowest BCUT2D eigenvalue weighted by Gasteiger charge is -2.14. The fraction of sp³-hybridized carbons (Fsp3) is 0.222. The first-order chi connectivity index (χ1) is 11.8. The van der Waals surface area contributed by atoms with Gasteiger partial charge in [-0.3, -0.25) is 9.59 Å². The standard InChI is InChI=1S/C18H18F2N2O3/c1-10-5-3-8-14(11(10)2)22-18(25)17(24)21-9-15(23)16-12(19)6-4-7-13(16)20/h3-8,15,23H,9H2,1-2H3,(H,21,24)(H,22,25). The van der Waals surface area contributed by atoms with Crippen LogP contribution in [0.1, 0.15) is 22.8 Å². The molecule has 0 fully saturated rings. The molecule has 2 rings (SSSR count). The van der Waals surface area contributed by atoms with E-state index in [4.69, 9.17) is 0 Å². The number of nitrogens with one attached hydrogen (secondary N) is 2. The molecule has 0 aromatic heterocycles. The highest BCUT2D eigenvalue weighted by molar-refractivity contribution is 6.39. The lowest BCUT2D eigenvalue weighted by Crippen LogP contribution is -2.38. The number of rotatable bonds is 4. The van der Waals surface area contributed by atoms with Crippen LogP contribution in [-0.4, -0.2) is 23.5 Å². The van der Waals surface area contributed by atoms with Gasteiger partial charge < -0.3 is 15.7 Å². The molecule has 0 heterocycles. The molecule has 0 aliphatic rings. The van der Waals surface area contributed by atoms with E-state index in [1.165, 1.54) is 0 Å². The predicted octanol–water partition coefficient (Wildman–Crippen LogP) is 2.37.